The lowest BCUT2D eigenvalue weighted by Crippen LogP contribution is -2.61. The molecule has 7 heteroatoms. The Morgan fingerprint density at radius 2 is 1.76 bits per heavy atom. The van der Waals surface area contributed by atoms with Gasteiger partial charge in [-0.15, -0.1) is 0 Å². The molecule has 0 aliphatic heterocycles. The molecule has 0 aromatic rings. The molecule has 0 aromatic carbocycles. The molecular weight excluding hydrogens is 424 g/mol. The number of hydrogen-bond donors (Lipinski definition) is 6. The van der Waals surface area contributed by atoms with E-state index in [0.717, 1.165) is 6.42 Å². The summed E-state index contributed by atoms with van der Waals surface area (Å²) in [6.45, 7) is 7.32. The molecule has 10 atom stereocenters. The standard InChI is InChI=1S/C26H42O7/c1-23(2,32)8-7-18(27)22(31)15-6-10-26(33)16-11-19(28)17-12-20(29)21(30)13-24(17,3)14(16)5-9-25(15,26)4/h11,14-15,17-18,20-22,27,29-33H,5-10,12-13H2,1-4H3. The minimum atomic E-state index is -1.26. The van der Waals surface area contributed by atoms with Gasteiger partial charge in [-0.05, 0) is 94.1 Å². The quantitative estimate of drug-likeness (QED) is 0.361. The lowest BCUT2D eigenvalue weighted by Gasteiger charge is -2.60. The van der Waals surface area contributed by atoms with Crippen molar-refractivity contribution in [3.8, 4) is 0 Å². The molecule has 0 saturated heterocycles. The van der Waals surface area contributed by atoms with Crippen molar-refractivity contribution in [2.75, 3.05) is 0 Å². The van der Waals surface area contributed by atoms with E-state index in [4.69, 9.17) is 0 Å². The fraction of sp³-hybridized carbons (Fsp3) is 0.885. The van der Waals surface area contributed by atoms with Gasteiger partial charge in [0, 0.05) is 11.3 Å². The van der Waals surface area contributed by atoms with Gasteiger partial charge in [0.25, 0.3) is 0 Å². The predicted octanol–water partition coefficient (Wildman–Crippen LogP) is 1.46. The summed E-state index contributed by atoms with van der Waals surface area (Å²) in [5.41, 5.74) is -2.71. The highest BCUT2D eigenvalue weighted by molar-refractivity contribution is 5.95. The number of carbonyl (C=O) groups excluding carboxylic acids is 1. The van der Waals surface area contributed by atoms with Gasteiger partial charge in [-0.3, -0.25) is 4.79 Å². The van der Waals surface area contributed by atoms with Crippen LogP contribution in [0.25, 0.3) is 0 Å². The van der Waals surface area contributed by atoms with Crippen molar-refractivity contribution < 1.29 is 35.4 Å². The van der Waals surface area contributed by atoms with Crippen LogP contribution < -0.4 is 0 Å². The fourth-order valence-electron chi connectivity index (χ4n) is 7.90. The molecule has 10 unspecified atom stereocenters. The molecule has 0 aromatic heterocycles. The SMILES string of the molecule is CC(C)(O)CCC(O)C(O)C1CCC2(O)C3=CC(=O)C4CC(O)C(O)CC4(C)C3CCC12C. The number of ketones is 1. The Labute approximate surface area is 196 Å². The Kier molecular flexibility index (Phi) is 6.21. The van der Waals surface area contributed by atoms with Crippen LogP contribution in [0, 0.1) is 28.6 Å². The van der Waals surface area contributed by atoms with Gasteiger partial charge < -0.3 is 30.6 Å². The van der Waals surface area contributed by atoms with Crippen molar-refractivity contribution in [1.29, 1.82) is 0 Å². The summed E-state index contributed by atoms with van der Waals surface area (Å²) >= 11 is 0. The van der Waals surface area contributed by atoms with Crippen molar-refractivity contribution in [3.63, 3.8) is 0 Å². The van der Waals surface area contributed by atoms with Gasteiger partial charge in [-0.25, -0.2) is 0 Å². The highest BCUT2D eigenvalue weighted by Crippen LogP contribution is 2.67. The van der Waals surface area contributed by atoms with E-state index in [1.54, 1.807) is 19.9 Å². The van der Waals surface area contributed by atoms with Crippen LogP contribution in [0.2, 0.25) is 0 Å². The van der Waals surface area contributed by atoms with Crippen molar-refractivity contribution in [2.45, 2.75) is 115 Å². The number of aliphatic hydroxyl groups excluding tert-OH is 4. The summed E-state index contributed by atoms with van der Waals surface area (Å²) in [6, 6.07) is 0. The maximum atomic E-state index is 13.2. The topological polar surface area (TPSA) is 138 Å². The molecule has 0 radical (unpaired) electrons. The normalized spacial score (nSPS) is 47.3. The smallest absolute Gasteiger partial charge is 0.159 e. The Morgan fingerprint density at radius 1 is 1.09 bits per heavy atom. The second-order valence-electron chi connectivity index (χ2n) is 12.6. The Hall–Kier alpha value is -0.830. The van der Waals surface area contributed by atoms with E-state index in [1.807, 2.05) is 13.8 Å². The maximum absolute atomic E-state index is 13.2. The van der Waals surface area contributed by atoms with Crippen LogP contribution >= 0.6 is 0 Å². The van der Waals surface area contributed by atoms with Gasteiger partial charge in [-0.2, -0.15) is 0 Å². The molecular formula is C26H42O7. The average Bonchev–Trinajstić information content (AvgIpc) is 2.99. The third-order valence-corrected chi connectivity index (χ3v) is 10.0. The van der Waals surface area contributed by atoms with Crippen molar-refractivity contribution in [1.82, 2.24) is 0 Å². The Bertz CT molecular complexity index is 818. The Balaban J connectivity index is 1.62. The van der Waals surface area contributed by atoms with Crippen LogP contribution in [0.3, 0.4) is 0 Å². The third-order valence-electron chi connectivity index (χ3n) is 10.0. The number of carbonyl (C=O) groups is 1. The molecule has 4 rings (SSSR count). The summed E-state index contributed by atoms with van der Waals surface area (Å²) in [5.74, 6) is -0.873. The van der Waals surface area contributed by atoms with Gasteiger partial charge >= 0.3 is 0 Å². The molecule has 0 heterocycles. The van der Waals surface area contributed by atoms with Crippen LogP contribution in [0.4, 0.5) is 0 Å². The van der Waals surface area contributed by atoms with E-state index in [0.29, 0.717) is 37.7 Å². The zero-order valence-electron chi connectivity index (χ0n) is 20.4. The van der Waals surface area contributed by atoms with Crippen molar-refractivity contribution in [3.05, 3.63) is 11.6 Å². The van der Waals surface area contributed by atoms with E-state index < -0.39 is 46.4 Å². The zero-order valence-corrected chi connectivity index (χ0v) is 20.4. The largest absolute Gasteiger partial charge is 0.390 e. The van der Waals surface area contributed by atoms with Crippen LogP contribution in [0.15, 0.2) is 11.6 Å². The van der Waals surface area contributed by atoms with Crippen molar-refractivity contribution in [2.24, 2.45) is 28.6 Å². The first-order valence-corrected chi connectivity index (χ1v) is 12.6. The highest BCUT2D eigenvalue weighted by atomic mass is 16.3. The average molecular weight is 467 g/mol. The summed E-state index contributed by atoms with van der Waals surface area (Å²) in [4.78, 5) is 13.2. The number of allylic oxidation sites excluding steroid dienone is 1. The van der Waals surface area contributed by atoms with Gasteiger partial charge in [0.05, 0.1) is 35.6 Å². The van der Waals surface area contributed by atoms with E-state index >= 15 is 0 Å². The highest BCUT2D eigenvalue weighted by Gasteiger charge is 2.67. The van der Waals surface area contributed by atoms with E-state index in [-0.39, 0.29) is 36.4 Å². The molecule has 4 aliphatic carbocycles. The fourth-order valence-corrected chi connectivity index (χ4v) is 7.90. The monoisotopic (exact) mass is 466 g/mol. The molecule has 4 aliphatic rings. The Morgan fingerprint density at radius 3 is 2.39 bits per heavy atom. The molecule has 3 saturated carbocycles. The first kappa shape index (κ1) is 25.3. The number of hydrogen-bond acceptors (Lipinski definition) is 7. The summed E-state index contributed by atoms with van der Waals surface area (Å²) < 4.78 is 0. The minimum Gasteiger partial charge on any atom is -0.390 e. The van der Waals surface area contributed by atoms with Crippen LogP contribution in [0.5, 0.6) is 0 Å². The van der Waals surface area contributed by atoms with Crippen LogP contribution in [-0.4, -0.2) is 72.0 Å². The third kappa shape index (κ3) is 3.83. The van der Waals surface area contributed by atoms with Crippen LogP contribution in [0.1, 0.15) is 79.1 Å². The summed E-state index contributed by atoms with van der Waals surface area (Å²) in [5, 5.41) is 64.5. The summed E-state index contributed by atoms with van der Waals surface area (Å²) in [6.07, 6.45) is 1.25. The molecule has 3 fully saturated rings. The van der Waals surface area contributed by atoms with Crippen LogP contribution in [-0.2, 0) is 4.79 Å². The molecule has 0 amide bonds. The lowest BCUT2D eigenvalue weighted by molar-refractivity contribution is -0.158. The molecule has 7 nitrogen and oxygen atoms in total. The lowest BCUT2D eigenvalue weighted by atomic mass is 9.46. The van der Waals surface area contributed by atoms with Gasteiger partial charge in [0.15, 0.2) is 5.78 Å². The van der Waals surface area contributed by atoms with E-state index in [1.165, 1.54) is 0 Å². The number of rotatable bonds is 5. The van der Waals surface area contributed by atoms with E-state index in [9.17, 15) is 35.4 Å². The first-order chi connectivity index (χ1) is 15.1. The first-order valence-electron chi connectivity index (χ1n) is 12.6. The van der Waals surface area contributed by atoms with E-state index in [2.05, 4.69) is 0 Å². The molecule has 0 bridgehead atoms. The molecule has 33 heavy (non-hydrogen) atoms. The van der Waals surface area contributed by atoms with Gasteiger partial charge in [-0.1, -0.05) is 13.8 Å². The van der Waals surface area contributed by atoms with Crippen molar-refractivity contribution >= 4 is 5.78 Å². The predicted molar refractivity (Wildman–Crippen MR) is 122 cm³/mol. The minimum absolute atomic E-state index is 0.0728. The second kappa shape index (κ2) is 8.10. The molecule has 188 valence electrons. The van der Waals surface area contributed by atoms with Gasteiger partial charge in [0.2, 0.25) is 0 Å². The number of aliphatic hydroxyl groups is 6. The second-order valence-corrected chi connectivity index (χ2v) is 12.6. The number of fused-ring (bicyclic) bond motifs is 5. The molecule has 0 spiro atoms. The molecule has 6 N–H and O–H groups in total. The zero-order chi connectivity index (χ0) is 24.6. The maximum Gasteiger partial charge on any atom is 0.159 e. The summed E-state index contributed by atoms with van der Waals surface area (Å²) in [7, 11) is 0. The van der Waals surface area contributed by atoms with Gasteiger partial charge in [0.1, 0.15) is 0 Å².